The third-order valence-electron chi connectivity index (χ3n) is 4.54. The van der Waals surface area contributed by atoms with Gasteiger partial charge in [0.15, 0.2) is 18.0 Å². The number of halogens is 1. The van der Waals surface area contributed by atoms with Crippen LogP contribution in [0.15, 0.2) is 24.3 Å². The molecular formula is C18H22ClNO5. The van der Waals surface area contributed by atoms with Crippen molar-refractivity contribution in [2.75, 3.05) is 13.7 Å². The molecule has 0 radical (unpaired) electrons. The number of carbonyl (C=O) groups is 2. The van der Waals surface area contributed by atoms with Gasteiger partial charge in [-0.15, -0.1) is 0 Å². The average Bonchev–Trinajstić information content (AvgIpc) is 3.17. The van der Waals surface area contributed by atoms with E-state index in [4.69, 9.17) is 25.8 Å². The zero-order chi connectivity index (χ0) is 18.2. The maximum Gasteiger partial charge on any atom is 0.338 e. The van der Waals surface area contributed by atoms with Crippen molar-refractivity contribution in [1.82, 2.24) is 4.90 Å². The highest BCUT2D eigenvalue weighted by Gasteiger charge is 2.51. The Labute approximate surface area is 152 Å². The van der Waals surface area contributed by atoms with E-state index in [2.05, 4.69) is 0 Å². The van der Waals surface area contributed by atoms with E-state index in [1.165, 1.54) is 7.11 Å². The third kappa shape index (κ3) is 3.66. The molecule has 0 bridgehead atoms. The molecule has 2 aliphatic heterocycles. The number of likely N-dealkylation sites (tertiary alicyclic amines) is 1. The summed E-state index contributed by atoms with van der Waals surface area (Å²) in [6, 6.07) is 7.41. The molecule has 0 aliphatic carbocycles. The van der Waals surface area contributed by atoms with Crippen molar-refractivity contribution in [3.8, 4) is 0 Å². The zero-order valence-electron chi connectivity index (χ0n) is 14.5. The minimum absolute atomic E-state index is 0.0863. The summed E-state index contributed by atoms with van der Waals surface area (Å²) < 4.78 is 16.1. The first-order valence-electron chi connectivity index (χ1n) is 8.32. The predicted molar refractivity (Wildman–Crippen MR) is 91.0 cm³/mol. The van der Waals surface area contributed by atoms with E-state index in [0.29, 0.717) is 11.6 Å². The quantitative estimate of drug-likeness (QED) is 0.768. The van der Waals surface area contributed by atoms with E-state index in [1.54, 1.807) is 24.8 Å². The predicted octanol–water partition coefficient (Wildman–Crippen LogP) is 2.70. The van der Waals surface area contributed by atoms with Crippen molar-refractivity contribution < 1.29 is 23.8 Å². The molecule has 0 aromatic heterocycles. The topological polar surface area (TPSA) is 65.1 Å². The Hall–Kier alpha value is -1.63. The number of methoxy groups -OCH3 is 1. The molecule has 2 fully saturated rings. The third-order valence-corrected chi connectivity index (χ3v) is 4.78. The molecule has 3 atom stereocenters. The van der Waals surface area contributed by atoms with E-state index in [1.807, 2.05) is 18.2 Å². The van der Waals surface area contributed by atoms with Crippen LogP contribution in [0.25, 0.3) is 0 Å². The molecule has 1 aromatic rings. The van der Waals surface area contributed by atoms with Crippen LogP contribution >= 0.6 is 11.6 Å². The normalized spacial score (nSPS) is 28.2. The summed E-state index contributed by atoms with van der Waals surface area (Å²) in [4.78, 5) is 26.9. The molecule has 2 heterocycles. The van der Waals surface area contributed by atoms with Gasteiger partial charge in [0, 0.05) is 11.6 Å². The highest BCUT2D eigenvalue weighted by atomic mass is 35.5. The fraction of sp³-hybridized carbons (Fsp3) is 0.556. The summed E-state index contributed by atoms with van der Waals surface area (Å²) in [5.74, 6) is -1.89. The molecule has 1 unspecified atom stereocenters. The number of amides is 1. The van der Waals surface area contributed by atoms with Gasteiger partial charge in [0.1, 0.15) is 0 Å². The second kappa shape index (κ2) is 6.94. The Morgan fingerprint density at radius 1 is 1.28 bits per heavy atom. The van der Waals surface area contributed by atoms with Crippen LogP contribution in [0.5, 0.6) is 0 Å². The number of ether oxygens (including phenoxy) is 3. The van der Waals surface area contributed by atoms with Gasteiger partial charge >= 0.3 is 5.97 Å². The first kappa shape index (κ1) is 18.2. The highest BCUT2D eigenvalue weighted by Crippen LogP contribution is 2.37. The largest absolute Gasteiger partial charge is 0.467 e. The van der Waals surface area contributed by atoms with Crippen molar-refractivity contribution in [1.29, 1.82) is 0 Å². The van der Waals surface area contributed by atoms with Crippen molar-refractivity contribution in [3.63, 3.8) is 0 Å². The van der Waals surface area contributed by atoms with Crippen LogP contribution in [0.2, 0.25) is 5.02 Å². The summed E-state index contributed by atoms with van der Waals surface area (Å²) in [6.45, 7) is 3.95. The average molecular weight is 368 g/mol. The fourth-order valence-corrected chi connectivity index (χ4v) is 3.68. The second-order valence-electron chi connectivity index (χ2n) is 6.74. The Morgan fingerprint density at radius 3 is 2.68 bits per heavy atom. The van der Waals surface area contributed by atoms with Crippen LogP contribution < -0.4 is 0 Å². The van der Waals surface area contributed by atoms with E-state index in [-0.39, 0.29) is 11.9 Å². The number of hydrogen-bond acceptors (Lipinski definition) is 5. The van der Waals surface area contributed by atoms with Gasteiger partial charge in [-0.3, -0.25) is 4.79 Å². The molecule has 2 saturated heterocycles. The molecule has 7 heteroatoms. The standard InChI is InChI=1S/C18H22ClNO5/c1-18(2)24-14(15(25-18)17(22)23-3)16(21)20-9-5-8-13(20)11-6-4-7-12(19)10-11/h4,6-7,10,13-15H,5,8-9H2,1-3H3/t13?,14-,15-/m1/s1. The number of rotatable bonds is 3. The SMILES string of the molecule is COC(=O)[C@@H]1OC(C)(C)O[C@H]1C(=O)N1CCCC1c1cccc(Cl)c1. The molecule has 6 nitrogen and oxygen atoms in total. The Kier molecular flexibility index (Phi) is 5.04. The van der Waals surface area contributed by atoms with Crippen molar-refractivity contribution in [2.24, 2.45) is 0 Å². The molecule has 0 spiro atoms. The van der Waals surface area contributed by atoms with Crippen LogP contribution in [0, 0.1) is 0 Å². The number of esters is 1. The molecule has 136 valence electrons. The Balaban J connectivity index is 1.84. The maximum atomic E-state index is 13.1. The Bertz CT molecular complexity index is 677. The smallest absolute Gasteiger partial charge is 0.338 e. The van der Waals surface area contributed by atoms with Crippen LogP contribution in [0.3, 0.4) is 0 Å². The molecular weight excluding hydrogens is 346 g/mol. The number of hydrogen-bond donors (Lipinski definition) is 0. The van der Waals surface area contributed by atoms with Gasteiger partial charge in [-0.25, -0.2) is 4.79 Å². The molecule has 25 heavy (non-hydrogen) atoms. The summed E-state index contributed by atoms with van der Waals surface area (Å²) in [5.41, 5.74) is 0.978. The molecule has 1 amide bonds. The van der Waals surface area contributed by atoms with Crippen LogP contribution in [0.1, 0.15) is 38.3 Å². The van der Waals surface area contributed by atoms with Crippen LogP contribution in [-0.4, -0.2) is 48.4 Å². The van der Waals surface area contributed by atoms with Gasteiger partial charge in [0.05, 0.1) is 13.2 Å². The van der Waals surface area contributed by atoms with Crippen molar-refractivity contribution >= 4 is 23.5 Å². The minimum atomic E-state index is -1.06. The van der Waals surface area contributed by atoms with Crippen LogP contribution in [-0.2, 0) is 23.8 Å². The van der Waals surface area contributed by atoms with Gasteiger partial charge in [-0.05, 0) is 44.4 Å². The summed E-state index contributed by atoms with van der Waals surface area (Å²) in [5, 5.41) is 0.630. The van der Waals surface area contributed by atoms with E-state index in [0.717, 1.165) is 18.4 Å². The lowest BCUT2D eigenvalue weighted by molar-refractivity contribution is -0.169. The monoisotopic (exact) mass is 367 g/mol. The maximum absolute atomic E-state index is 13.1. The minimum Gasteiger partial charge on any atom is -0.467 e. The number of benzene rings is 1. The first-order chi connectivity index (χ1) is 11.8. The summed E-state index contributed by atoms with van der Waals surface area (Å²) in [6.07, 6.45) is -0.357. The van der Waals surface area contributed by atoms with E-state index < -0.39 is 24.0 Å². The molecule has 3 rings (SSSR count). The second-order valence-corrected chi connectivity index (χ2v) is 7.18. The lowest BCUT2D eigenvalue weighted by Gasteiger charge is -2.28. The first-order valence-corrected chi connectivity index (χ1v) is 8.69. The van der Waals surface area contributed by atoms with Gasteiger partial charge in [-0.2, -0.15) is 0 Å². The number of carbonyl (C=O) groups excluding carboxylic acids is 2. The van der Waals surface area contributed by atoms with E-state index in [9.17, 15) is 9.59 Å². The van der Waals surface area contributed by atoms with Gasteiger partial charge < -0.3 is 19.1 Å². The molecule has 1 aromatic carbocycles. The molecule has 2 aliphatic rings. The zero-order valence-corrected chi connectivity index (χ0v) is 15.3. The molecule has 0 saturated carbocycles. The summed E-state index contributed by atoms with van der Waals surface area (Å²) >= 11 is 6.09. The van der Waals surface area contributed by atoms with Gasteiger partial charge in [-0.1, -0.05) is 23.7 Å². The van der Waals surface area contributed by atoms with E-state index >= 15 is 0 Å². The fourth-order valence-electron chi connectivity index (χ4n) is 3.49. The summed E-state index contributed by atoms with van der Waals surface area (Å²) in [7, 11) is 1.27. The van der Waals surface area contributed by atoms with Crippen molar-refractivity contribution in [3.05, 3.63) is 34.9 Å². The van der Waals surface area contributed by atoms with Crippen molar-refractivity contribution in [2.45, 2.75) is 50.7 Å². The lowest BCUT2D eigenvalue weighted by Crippen LogP contribution is -2.46. The van der Waals surface area contributed by atoms with Gasteiger partial charge in [0.25, 0.3) is 5.91 Å². The number of nitrogens with zero attached hydrogens (tertiary/aromatic N) is 1. The Morgan fingerprint density at radius 2 is 2.00 bits per heavy atom. The highest BCUT2D eigenvalue weighted by molar-refractivity contribution is 6.30. The molecule has 0 N–H and O–H groups in total. The van der Waals surface area contributed by atoms with Gasteiger partial charge in [0.2, 0.25) is 0 Å². The van der Waals surface area contributed by atoms with Crippen LogP contribution in [0.4, 0.5) is 0 Å². The lowest BCUT2D eigenvalue weighted by atomic mass is 10.0.